The van der Waals surface area contributed by atoms with E-state index in [1.165, 1.54) is 18.3 Å². The standard InChI is InChI=1S/C11H11BrFN3O3S/c1-6-2-9(13)8(12)3-10(6)16-20(18,19)11-7(5-17)4-14-15-11/h2-4,16-17H,5H2,1H3,(H,14,15). The maximum atomic E-state index is 13.3. The van der Waals surface area contributed by atoms with Crippen molar-refractivity contribution in [2.45, 2.75) is 18.6 Å². The molecule has 0 saturated carbocycles. The van der Waals surface area contributed by atoms with E-state index < -0.39 is 22.4 Å². The highest BCUT2D eigenvalue weighted by atomic mass is 79.9. The molecule has 1 aromatic carbocycles. The van der Waals surface area contributed by atoms with E-state index in [9.17, 15) is 12.8 Å². The number of nitrogens with one attached hydrogen (secondary N) is 2. The van der Waals surface area contributed by atoms with Crippen LogP contribution < -0.4 is 4.72 Å². The van der Waals surface area contributed by atoms with Crippen LogP contribution in [0.15, 0.2) is 27.8 Å². The average Bonchev–Trinajstić information content (AvgIpc) is 2.84. The molecule has 0 bridgehead atoms. The average molecular weight is 364 g/mol. The summed E-state index contributed by atoms with van der Waals surface area (Å²) in [5.41, 5.74) is 0.812. The van der Waals surface area contributed by atoms with Gasteiger partial charge >= 0.3 is 0 Å². The topological polar surface area (TPSA) is 95.1 Å². The second-order valence-electron chi connectivity index (χ2n) is 4.07. The maximum Gasteiger partial charge on any atom is 0.279 e. The zero-order chi connectivity index (χ0) is 14.9. The van der Waals surface area contributed by atoms with Gasteiger partial charge in [0, 0.05) is 5.56 Å². The molecule has 0 atom stereocenters. The van der Waals surface area contributed by atoms with Crippen LogP contribution in [-0.4, -0.2) is 23.7 Å². The van der Waals surface area contributed by atoms with Gasteiger partial charge in [0.05, 0.1) is 23.0 Å². The number of nitrogens with zero attached hydrogens (tertiary/aromatic N) is 1. The molecule has 0 unspecified atom stereocenters. The Morgan fingerprint density at radius 2 is 2.20 bits per heavy atom. The third-order valence-electron chi connectivity index (χ3n) is 2.63. The van der Waals surface area contributed by atoms with Crippen molar-refractivity contribution in [3.63, 3.8) is 0 Å². The fraction of sp³-hybridized carbons (Fsp3) is 0.182. The molecule has 0 spiro atoms. The van der Waals surface area contributed by atoms with Crippen molar-refractivity contribution in [3.8, 4) is 0 Å². The molecular formula is C11H11BrFN3O3S. The lowest BCUT2D eigenvalue weighted by Gasteiger charge is -2.11. The molecule has 0 aliphatic rings. The number of aryl methyl sites for hydroxylation is 1. The Morgan fingerprint density at radius 3 is 2.85 bits per heavy atom. The van der Waals surface area contributed by atoms with Crippen molar-refractivity contribution < 1.29 is 17.9 Å². The van der Waals surface area contributed by atoms with Crippen molar-refractivity contribution in [1.29, 1.82) is 0 Å². The van der Waals surface area contributed by atoms with E-state index in [1.807, 2.05) is 0 Å². The number of halogens is 2. The molecule has 0 amide bonds. The summed E-state index contributed by atoms with van der Waals surface area (Å²) in [5, 5.41) is 14.7. The van der Waals surface area contributed by atoms with E-state index in [0.717, 1.165) is 0 Å². The first-order valence-corrected chi connectivity index (χ1v) is 7.74. The SMILES string of the molecule is Cc1cc(F)c(Br)cc1NS(=O)(=O)c1[nH]ncc1CO. The van der Waals surface area contributed by atoms with E-state index >= 15 is 0 Å². The Labute approximate surface area is 123 Å². The number of benzene rings is 1. The maximum absolute atomic E-state index is 13.3. The van der Waals surface area contributed by atoms with Gasteiger partial charge < -0.3 is 5.11 Å². The molecule has 1 heterocycles. The van der Waals surface area contributed by atoms with Gasteiger partial charge in [-0.25, -0.2) is 4.39 Å². The molecule has 108 valence electrons. The monoisotopic (exact) mass is 363 g/mol. The van der Waals surface area contributed by atoms with Crippen LogP contribution in [0.25, 0.3) is 0 Å². The fourth-order valence-corrected chi connectivity index (χ4v) is 3.19. The molecular weight excluding hydrogens is 353 g/mol. The van der Waals surface area contributed by atoms with Crippen LogP contribution in [0.3, 0.4) is 0 Å². The highest BCUT2D eigenvalue weighted by Crippen LogP contribution is 2.26. The number of sulfonamides is 1. The number of hydrogen-bond donors (Lipinski definition) is 3. The largest absolute Gasteiger partial charge is 0.392 e. The lowest BCUT2D eigenvalue weighted by atomic mass is 10.2. The Morgan fingerprint density at radius 1 is 1.50 bits per heavy atom. The summed E-state index contributed by atoms with van der Waals surface area (Å²) in [7, 11) is -3.94. The molecule has 0 fully saturated rings. The molecule has 20 heavy (non-hydrogen) atoms. The van der Waals surface area contributed by atoms with E-state index in [1.54, 1.807) is 6.92 Å². The van der Waals surface area contributed by atoms with Crippen molar-refractivity contribution in [2.75, 3.05) is 4.72 Å². The second-order valence-corrected chi connectivity index (χ2v) is 6.54. The highest BCUT2D eigenvalue weighted by molar-refractivity contribution is 9.10. The number of anilines is 1. The van der Waals surface area contributed by atoms with Crippen LogP contribution in [0.2, 0.25) is 0 Å². The molecule has 9 heteroatoms. The minimum absolute atomic E-state index is 0.146. The minimum Gasteiger partial charge on any atom is -0.392 e. The van der Waals surface area contributed by atoms with Crippen LogP contribution in [0.4, 0.5) is 10.1 Å². The zero-order valence-corrected chi connectivity index (χ0v) is 12.7. The smallest absolute Gasteiger partial charge is 0.279 e. The van der Waals surface area contributed by atoms with Crippen molar-refractivity contribution >= 4 is 31.6 Å². The molecule has 1 aromatic heterocycles. The first-order chi connectivity index (χ1) is 9.35. The molecule has 2 aromatic rings. The number of aliphatic hydroxyl groups excluding tert-OH is 1. The van der Waals surface area contributed by atoms with Crippen LogP contribution in [-0.2, 0) is 16.6 Å². The van der Waals surface area contributed by atoms with Gasteiger partial charge in [0.2, 0.25) is 0 Å². The molecule has 3 N–H and O–H groups in total. The van der Waals surface area contributed by atoms with Gasteiger partial charge in [-0.1, -0.05) is 0 Å². The lowest BCUT2D eigenvalue weighted by molar-refractivity contribution is 0.278. The first-order valence-electron chi connectivity index (χ1n) is 5.46. The number of rotatable bonds is 4. The summed E-state index contributed by atoms with van der Waals surface area (Å²) >= 11 is 2.99. The van der Waals surface area contributed by atoms with Crippen LogP contribution in [0.1, 0.15) is 11.1 Å². The predicted octanol–water partition coefficient (Wildman–Crippen LogP) is 1.91. The summed E-state index contributed by atoms with van der Waals surface area (Å²) < 4.78 is 40.2. The summed E-state index contributed by atoms with van der Waals surface area (Å²) in [6.45, 7) is 1.12. The summed E-state index contributed by atoms with van der Waals surface area (Å²) in [5.74, 6) is -0.483. The Hall–Kier alpha value is -1.45. The Kier molecular flexibility index (Phi) is 4.11. The second kappa shape index (κ2) is 5.51. The van der Waals surface area contributed by atoms with Crippen molar-refractivity contribution in [1.82, 2.24) is 10.2 Å². The molecule has 0 saturated heterocycles. The van der Waals surface area contributed by atoms with E-state index in [4.69, 9.17) is 5.11 Å². The van der Waals surface area contributed by atoms with Crippen LogP contribution >= 0.6 is 15.9 Å². The normalized spacial score (nSPS) is 11.6. The lowest BCUT2D eigenvalue weighted by Crippen LogP contribution is -2.16. The molecule has 2 rings (SSSR count). The first kappa shape index (κ1) is 14.9. The minimum atomic E-state index is -3.94. The zero-order valence-electron chi connectivity index (χ0n) is 10.3. The van der Waals surface area contributed by atoms with Crippen LogP contribution in [0, 0.1) is 12.7 Å². The predicted molar refractivity (Wildman–Crippen MR) is 74.2 cm³/mol. The van der Waals surface area contributed by atoms with Gasteiger partial charge in [-0.2, -0.15) is 13.5 Å². The summed E-state index contributed by atoms with van der Waals surface area (Å²) in [4.78, 5) is 0. The van der Waals surface area contributed by atoms with Gasteiger partial charge in [0.25, 0.3) is 10.0 Å². The number of aromatic amines is 1. The molecule has 0 radical (unpaired) electrons. The van der Waals surface area contributed by atoms with Gasteiger partial charge in [-0.3, -0.25) is 9.82 Å². The molecule has 6 nitrogen and oxygen atoms in total. The number of hydrogen-bond acceptors (Lipinski definition) is 4. The number of aliphatic hydroxyl groups is 1. The number of H-pyrrole nitrogens is 1. The third-order valence-corrected chi connectivity index (χ3v) is 4.62. The van der Waals surface area contributed by atoms with Gasteiger partial charge in [0.15, 0.2) is 5.03 Å². The summed E-state index contributed by atoms with van der Waals surface area (Å²) in [6, 6.07) is 2.54. The highest BCUT2D eigenvalue weighted by Gasteiger charge is 2.21. The van der Waals surface area contributed by atoms with Crippen molar-refractivity contribution in [3.05, 3.63) is 39.7 Å². The van der Waals surface area contributed by atoms with E-state index in [0.29, 0.717) is 5.56 Å². The van der Waals surface area contributed by atoms with E-state index in [2.05, 4.69) is 30.8 Å². The summed E-state index contributed by atoms with van der Waals surface area (Å²) in [6.07, 6.45) is 1.22. The van der Waals surface area contributed by atoms with Crippen LogP contribution in [0.5, 0.6) is 0 Å². The van der Waals surface area contributed by atoms with E-state index in [-0.39, 0.29) is 20.7 Å². The van der Waals surface area contributed by atoms with Gasteiger partial charge in [-0.15, -0.1) is 0 Å². The van der Waals surface area contributed by atoms with Gasteiger partial charge in [-0.05, 0) is 40.5 Å². The fourth-order valence-electron chi connectivity index (χ4n) is 1.60. The molecule has 0 aliphatic carbocycles. The molecule has 0 aliphatic heterocycles. The number of aromatic nitrogens is 2. The third kappa shape index (κ3) is 2.84. The Balaban J connectivity index is 2.41. The quantitative estimate of drug-likeness (QED) is 0.773. The Bertz CT molecular complexity index is 745. The van der Waals surface area contributed by atoms with Gasteiger partial charge in [0.1, 0.15) is 5.82 Å². The van der Waals surface area contributed by atoms with Crippen molar-refractivity contribution in [2.24, 2.45) is 0 Å².